The summed E-state index contributed by atoms with van der Waals surface area (Å²) in [4.78, 5) is 0. The lowest BCUT2D eigenvalue weighted by Gasteiger charge is -2.31. The molecule has 0 radical (unpaired) electrons. The fourth-order valence-electron chi connectivity index (χ4n) is 4.50. The molecule has 0 amide bonds. The summed E-state index contributed by atoms with van der Waals surface area (Å²) in [6, 6.07) is 14.4. The summed E-state index contributed by atoms with van der Waals surface area (Å²) in [6.45, 7) is 2.16. The Labute approximate surface area is 135 Å². The van der Waals surface area contributed by atoms with E-state index in [9.17, 15) is 10.2 Å². The molecular formula is C21H18O2. The minimum atomic E-state index is -0.846. The number of aryl methyl sites for hydroxylation is 3. The molecule has 0 fully saturated rings. The van der Waals surface area contributed by atoms with Crippen LogP contribution >= 0.6 is 0 Å². The molecule has 0 aromatic heterocycles. The van der Waals surface area contributed by atoms with Crippen LogP contribution < -0.4 is 0 Å². The summed E-state index contributed by atoms with van der Waals surface area (Å²) in [7, 11) is 0. The summed E-state index contributed by atoms with van der Waals surface area (Å²) in [6.07, 6.45) is 0.289. The van der Waals surface area contributed by atoms with Gasteiger partial charge in [-0.1, -0.05) is 36.4 Å². The van der Waals surface area contributed by atoms with E-state index in [1.54, 1.807) is 0 Å². The highest BCUT2D eigenvalue weighted by Gasteiger charge is 2.35. The molecule has 0 saturated heterocycles. The second-order valence-electron chi connectivity index (χ2n) is 6.75. The average molecular weight is 302 g/mol. The molecule has 2 heteroatoms. The van der Waals surface area contributed by atoms with E-state index in [2.05, 4.69) is 25.1 Å². The van der Waals surface area contributed by atoms with Gasteiger partial charge in [-0.3, -0.25) is 0 Å². The van der Waals surface area contributed by atoms with Crippen LogP contribution in [-0.2, 0) is 12.8 Å². The topological polar surface area (TPSA) is 40.5 Å². The molecule has 5 rings (SSSR count). The van der Waals surface area contributed by atoms with Crippen molar-refractivity contribution < 1.29 is 10.2 Å². The summed E-state index contributed by atoms with van der Waals surface area (Å²) in [5.41, 5.74) is 7.85. The molecule has 2 atom stereocenters. The monoisotopic (exact) mass is 302 g/mol. The maximum atomic E-state index is 10.8. The predicted molar refractivity (Wildman–Crippen MR) is 91.4 cm³/mol. The molecule has 2 nitrogen and oxygen atoms in total. The molecule has 2 N–H and O–H groups in total. The molecule has 23 heavy (non-hydrogen) atoms. The van der Waals surface area contributed by atoms with Crippen molar-refractivity contribution in [1.82, 2.24) is 0 Å². The van der Waals surface area contributed by atoms with Gasteiger partial charge in [0.05, 0.1) is 0 Å². The van der Waals surface area contributed by atoms with Crippen LogP contribution in [-0.4, -0.2) is 10.2 Å². The minimum Gasteiger partial charge on any atom is -0.385 e. The molecule has 2 aliphatic rings. The molecule has 0 heterocycles. The third-order valence-corrected chi connectivity index (χ3v) is 5.59. The van der Waals surface area contributed by atoms with Gasteiger partial charge in [0.25, 0.3) is 0 Å². The van der Waals surface area contributed by atoms with E-state index in [4.69, 9.17) is 0 Å². The quantitative estimate of drug-likeness (QED) is 0.659. The summed E-state index contributed by atoms with van der Waals surface area (Å²) >= 11 is 0. The van der Waals surface area contributed by atoms with Crippen molar-refractivity contribution in [2.24, 2.45) is 0 Å². The zero-order chi connectivity index (χ0) is 15.7. The Hall–Kier alpha value is -2.16. The van der Waals surface area contributed by atoms with Crippen molar-refractivity contribution in [3.63, 3.8) is 0 Å². The largest absolute Gasteiger partial charge is 0.385 e. The Morgan fingerprint density at radius 3 is 2.52 bits per heavy atom. The summed E-state index contributed by atoms with van der Waals surface area (Å²) in [5.74, 6) is 0. The van der Waals surface area contributed by atoms with Gasteiger partial charge in [0.1, 0.15) is 12.2 Å². The van der Waals surface area contributed by atoms with Crippen LogP contribution in [0.4, 0.5) is 0 Å². The van der Waals surface area contributed by atoms with Gasteiger partial charge in [-0.25, -0.2) is 0 Å². The second kappa shape index (κ2) is 4.44. The van der Waals surface area contributed by atoms with E-state index in [1.165, 1.54) is 27.5 Å². The summed E-state index contributed by atoms with van der Waals surface area (Å²) in [5, 5.41) is 23.9. The van der Waals surface area contributed by atoms with Crippen LogP contribution in [0.5, 0.6) is 0 Å². The zero-order valence-corrected chi connectivity index (χ0v) is 13.0. The molecule has 114 valence electrons. The van der Waals surface area contributed by atoms with Gasteiger partial charge in [-0.15, -0.1) is 0 Å². The van der Waals surface area contributed by atoms with Crippen molar-refractivity contribution in [3.05, 3.63) is 70.3 Å². The highest BCUT2D eigenvalue weighted by molar-refractivity contribution is 5.98. The fraction of sp³-hybridized carbons (Fsp3) is 0.238. The van der Waals surface area contributed by atoms with Gasteiger partial charge in [0.2, 0.25) is 0 Å². The predicted octanol–water partition coefficient (Wildman–Crippen LogP) is 3.99. The first-order valence-electron chi connectivity index (χ1n) is 8.20. The van der Waals surface area contributed by atoms with Crippen molar-refractivity contribution in [3.8, 4) is 11.1 Å². The molecule has 0 spiro atoms. The average Bonchev–Trinajstić information content (AvgIpc) is 3.02. The molecule has 3 aromatic rings. The van der Waals surface area contributed by atoms with E-state index in [-0.39, 0.29) is 0 Å². The van der Waals surface area contributed by atoms with Gasteiger partial charge < -0.3 is 10.2 Å². The molecule has 2 aliphatic carbocycles. The number of fused-ring (bicyclic) bond motifs is 4. The van der Waals surface area contributed by atoms with Gasteiger partial charge in [0.15, 0.2) is 0 Å². The Bertz CT molecular complexity index is 971. The van der Waals surface area contributed by atoms with Crippen LogP contribution in [0.15, 0.2) is 42.5 Å². The van der Waals surface area contributed by atoms with E-state index in [0.29, 0.717) is 0 Å². The normalized spacial score (nSPS) is 21.3. The first kappa shape index (κ1) is 13.3. The van der Waals surface area contributed by atoms with Crippen LogP contribution in [0.1, 0.15) is 40.0 Å². The highest BCUT2D eigenvalue weighted by atomic mass is 16.3. The molecule has 0 saturated carbocycles. The second-order valence-corrected chi connectivity index (χ2v) is 6.75. The third kappa shape index (κ3) is 1.60. The minimum absolute atomic E-state index is 0.824. The Morgan fingerprint density at radius 1 is 0.870 bits per heavy atom. The van der Waals surface area contributed by atoms with E-state index in [1.807, 2.05) is 24.3 Å². The zero-order valence-electron chi connectivity index (χ0n) is 13.0. The van der Waals surface area contributed by atoms with Crippen molar-refractivity contribution in [2.75, 3.05) is 0 Å². The van der Waals surface area contributed by atoms with Gasteiger partial charge in [-0.05, 0) is 75.5 Å². The molecular weight excluding hydrogens is 284 g/mol. The number of hydrogen-bond acceptors (Lipinski definition) is 2. The molecule has 0 aliphatic heterocycles. The van der Waals surface area contributed by atoms with Gasteiger partial charge >= 0.3 is 0 Å². The first-order valence-corrected chi connectivity index (χ1v) is 8.20. The Kier molecular flexibility index (Phi) is 2.56. The fourth-order valence-corrected chi connectivity index (χ4v) is 4.50. The lowest BCUT2D eigenvalue weighted by Crippen LogP contribution is -2.18. The molecule has 0 unspecified atom stereocenters. The number of benzene rings is 3. The van der Waals surface area contributed by atoms with Crippen LogP contribution in [0.3, 0.4) is 0 Å². The highest BCUT2D eigenvalue weighted by Crippen LogP contribution is 2.50. The standard InChI is InChI=1S/C21H18O2/c1-11-6-7-12-10-17-14-4-2-3-5-15(14)20(22)21(23)19(17)16-9-8-13(11)18(12)16/h2-7,10,20-23H,8-9H2,1H3/t20-,21-/m0/s1. The maximum Gasteiger partial charge on any atom is 0.110 e. The third-order valence-electron chi connectivity index (χ3n) is 5.59. The van der Waals surface area contributed by atoms with E-state index < -0.39 is 12.2 Å². The lowest BCUT2D eigenvalue weighted by molar-refractivity contribution is 0.0154. The van der Waals surface area contributed by atoms with Crippen molar-refractivity contribution in [2.45, 2.75) is 32.0 Å². The van der Waals surface area contributed by atoms with E-state index >= 15 is 0 Å². The van der Waals surface area contributed by atoms with Crippen LogP contribution in [0.25, 0.3) is 21.9 Å². The van der Waals surface area contributed by atoms with Crippen molar-refractivity contribution >= 4 is 10.8 Å². The number of aliphatic hydroxyl groups is 2. The Balaban J connectivity index is 1.95. The SMILES string of the molecule is Cc1ccc2cc3c(c4c2c1CC4)[C@H](O)[C@@H](O)c1ccccc1-3. The Morgan fingerprint density at radius 2 is 1.65 bits per heavy atom. The maximum absolute atomic E-state index is 10.8. The van der Waals surface area contributed by atoms with Gasteiger partial charge in [-0.2, -0.15) is 0 Å². The van der Waals surface area contributed by atoms with Gasteiger partial charge in [0, 0.05) is 0 Å². The van der Waals surface area contributed by atoms with E-state index in [0.717, 1.165) is 35.1 Å². The van der Waals surface area contributed by atoms with Crippen LogP contribution in [0.2, 0.25) is 0 Å². The lowest BCUT2D eigenvalue weighted by atomic mass is 9.78. The summed E-state index contributed by atoms with van der Waals surface area (Å²) < 4.78 is 0. The van der Waals surface area contributed by atoms with Crippen LogP contribution in [0, 0.1) is 6.92 Å². The first-order chi connectivity index (χ1) is 11.2. The number of hydrogen-bond donors (Lipinski definition) is 2. The van der Waals surface area contributed by atoms with Crippen molar-refractivity contribution in [1.29, 1.82) is 0 Å². The smallest absolute Gasteiger partial charge is 0.110 e. The number of aliphatic hydroxyl groups excluding tert-OH is 2. The number of rotatable bonds is 0. The molecule has 0 bridgehead atoms. The molecule has 3 aromatic carbocycles.